The molecule has 5 nitrogen and oxygen atoms in total. The van der Waals surface area contributed by atoms with Crippen molar-refractivity contribution in [1.82, 2.24) is 10.2 Å². The van der Waals surface area contributed by atoms with Crippen LogP contribution in [0.2, 0.25) is 0 Å². The molecule has 1 saturated carbocycles. The van der Waals surface area contributed by atoms with Crippen LogP contribution in [-0.2, 0) is 16.1 Å². The zero-order valence-corrected chi connectivity index (χ0v) is 14.7. The third-order valence-corrected chi connectivity index (χ3v) is 6.25. The number of nitrogens with zero attached hydrogens (tertiary/aromatic N) is 1. The normalized spacial score (nSPS) is 28.9. The quantitative estimate of drug-likeness (QED) is 0.885. The van der Waals surface area contributed by atoms with Crippen molar-refractivity contribution >= 4 is 17.5 Å². The van der Waals surface area contributed by atoms with Crippen molar-refractivity contribution in [2.24, 2.45) is 11.3 Å². The number of fused-ring (bicyclic) bond motifs is 1. The van der Waals surface area contributed by atoms with Gasteiger partial charge in [0.1, 0.15) is 0 Å². The summed E-state index contributed by atoms with van der Waals surface area (Å²) in [7, 11) is 0. The first-order valence-corrected chi connectivity index (χ1v) is 9.56. The molecule has 4 rings (SSSR count). The summed E-state index contributed by atoms with van der Waals surface area (Å²) in [6.45, 7) is 3.30. The van der Waals surface area contributed by atoms with Gasteiger partial charge in [-0.3, -0.25) is 9.59 Å². The van der Waals surface area contributed by atoms with E-state index in [0.717, 1.165) is 56.6 Å². The minimum Gasteiger partial charge on any atom is -0.338 e. The summed E-state index contributed by atoms with van der Waals surface area (Å²) in [4.78, 5) is 26.6. The highest BCUT2D eigenvalue weighted by Gasteiger charge is 2.49. The molecule has 2 heterocycles. The SMILES string of the molecule is O=C1CCCN1Cc1ccc(NC(=O)[C@@]23CCCC[C@H]2CNC3)cc1. The number of carbonyl (C=O) groups excluding carboxylic acids is 2. The smallest absolute Gasteiger partial charge is 0.232 e. The Morgan fingerprint density at radius 2 is 2.08 bits per heavy atom. The molecule has 1 aliphatic carbocycles. The van der Waals surface area contributed by atoms with Crippen LogP contribution in [0.3, 0.4) is 0 Å². The average molecular weight is 341 g/mol. The molecule has 0 radical (unpaired) electrons. The second-order valence-electron chi connectivity index (χ2n) is 7.80. The Kier molecular flexibility index (Phi) is 4.50. The van der Waals surface area contributed by atoms with E-state index in [0.29, 0.717) is 18.9 Å². The molecule has 0 bridgehead atoms. The zero-order valence-electron chi connectivity index (χ0n) is 14.7. The molecule has 1 aromatic carbocycles. The van der Waals surface area contributed by atoms with Crippen molar-refractivity contribution in [3.8, 4) is 0 Å². The van der Waals surface area contributed by atoms with Gasteiger partial charge in [-0.25, -0.2) is 0 Å². The monoisotopic (exact) mass is 341 g/mol. The molecule has 2 aliphatic heterocycles. The number of hydrogen-bond acceptors (Lipinski definition) is 3. The first-order valence-electron chi connectivity index (χ1n) is 9.56. The van der Waals surface area contributed by atoms with Gasteiger partial charge < -0.3 is 15.5 Å². The second-order valence-corrected chi connectivity index (χ2v) is 7.80. The van der Waals surface area contributed by atoms with Crippen LogP contribution in [0.1, 0.15) is 44.1 Å². The Balaban J connectivity index is 1.40. The number of carbonyl (C=O) groups is 2. The van der Waals surface area contributed by atoms with Gasteiger partial charge in [0.25, 0.3) is 0 Å². The lowest BCUT2D eigenvalue weighted by atomic mass is 9.67. The van der Waals surface area contributed by atoms with Crippen molar-refractivity contribution in [1.29, 1.82) is 0 Å². The second kappa shape index (κ2) is 6.79. The van der Waals surface area contributed by atoms with E-state index in [1.807, 2.05) is 29.2 Å². The van der Waals surface area contributed by atoms with Crippen molar-refractivity contribution in [3.63, 3.8) is 0 Å². The van der Waals surface area contributed by atoms with E-state index in [2.05, 4.69) is 10.6 Å². The molecule has 0 aromatic heterocycles. The molecule has 3 aliphatic rings. The molecule has 0 spiro atoms. The Morgan fingerprint density at radius 3 is 2.84 bits per heavy atom. The fourth-order valence-corrected chi connectivity index (χ4v) is 4.73. The maximum Gasteiger partial charge on any atom is 0.232 e. The number of likely N-dealkylation sites (tertiary alicyclic amines) is 1. The molecule has 1 aromatic rings. The van der Waals surface area contributed by atoms with Gasteiger partial charge in [-0.2, -0.15) is 0 Å². The van der Waals surface area contributed by atoms with E-state index in [9.17, 15) is 9.59 Å². The molecule has 2 saturated heterocycles. The average Bonchev–Trinajstić information content (AvgIpc) is 3.24. The van der Waals surface area contributed by atoms with E-state index < -0.39 is 0 Å². The van der Waals surface area contributed by atoms with Crippen LogP contribution in [0.25, 0.3) is 0 Å². The van der Waals surface area contributed by atoms with E-state index in [4.69, 9.17) is 0 Å². The maximum atomic E-state index is 13.0. The van der Waals surface area contributed by atoms with Gasteiger partial charge in [0.2, 0.25) is 11.8 Å². The highest BCUT2D eigenvalue weighted by atomic mass is 16.2. The van der Waals surface area contributed by atoms with Gasteiger partial charge in [0.05, 0.1) is 5.41 Å². The number of hydrogen-bond donors (Lipinski definition) is 2. The molecular weight excluding hydrogens is 314 g/mol. The van der Waals surface area contributed by atoms with Crippen LogP contribution in [0.5, 0.6) is 0 Å². The summed E-state index contributed by atoms with van der Waals surface area (Å²) < 4.78 is 0. The Bertz CT molecular complexity index is 657. The molecule has 2 N–H and O–H groups in total. The topological polar surface area (TPSA) is 61.4 Å². The fraction of sp³-hybridized carbons (Fsp3) is 0.600. The highest BCUT2D eigenvalue weighted by molar-refractivity contribution is 5.96. The van der Waals surface area contributed by atoms with Crippen LogP contribution < -0.4 is 10.6 Å². The number of benzene rings is 1. The van der Waals surface area contributed by atoms with Crippen molar-refractivity contribution in [3.05, 3.63) is 29.8 Å². The molecule has 0 unspecified atom stereocenters. The van der Waals surface area contributed by atoms with Gasteiger partial charge >= 0.3 is 0 Å². The van der Waals surface area contributed by atoms with Crippen molar-refractivity contribution in [2.75, 3.05) is 25.0 Å². The first kappa shape index (κ1) is 16.6. The third-order valence-electron chi connectivity index (χ3n) is 6.25. The predicted molar refractivity (Wildman–Crippen MR) is 97.0 cm³/mol. The summed E-state index contributed by atoms with van der Waals surface area (Å²) in [5.74, 6) is 0.889. The van der Waals surface area contributed by atoms with E-state index in [1.165, 1.54) is 6.42 Å². The minimum atomic E-state index is -0.223. The lowest BCUT2D eigenvalue weighted by molar-refractivity contribution is -0.129. The standard InChI is InChI=1S/C20H27N3O2/c24-18-5-3-11-23(18)13-15-6-8-17(9-7-15)22-19(25)20-10-2-1-4-16(20)12-21-14-20/h6-9,16,21H,1-5,10-14H2,(H,22,25)/t16-,20+/m0/s1. The summed E-state index contributed by atoms with van der Waals surface area (Å²) in [5.41, 5.74) is 1.75. The van der Waals surface area contributed by atoms with Crippen LogP contribution in [0.15, 0.2) is 24.3 Å². The lowest BCUT2D eigenvalue weighted by Crippen LogP contribution is -2.44. The van der Waals surface area contributed by atoms with Gasteiger partial charge in [-0.05, 0) is 49.4 Å². The Labute approximate surface area is 149 Å². The molecule has 5 heteroatoms. The van der Waals surface area contributed by atoms with Crippen molar-refractivity contribution < 1.29 is 9.59 Å². The number of nitrogens with one attached hydrogen (secondary N) is 2. The lowest BCUT2D eigenvalue weighted by Gasteiger charge is -2.37. The molecule has 2 atom stereocenters. The summed E-state index contributed by atoms with van der Waals surface area (Å²) in [6, 6.07) is 7.96. The molecule has 134 valence electrons. The summed E-state index contributed by atoms with van der Waals surface area (Å²) in [6.07, 6.45) is 6.17. The van der Waals surface area contributed by atoms with E-state index >= 15 is 0 Å². The predicted octanol–water partition coefficient (Wildman–Crippen LogP) is 2.53. The van der Waals surface area contributed by atoms with Crippen LogP contribution in [0, 0.1) is 11.3 Å². The van der Waals surface area contributed by atoms with Crippen LogP contribution in [0.4, 0.5) is 5.69 Å². The zero-order chi connectivity index (χ0) is 17.3. The van der Waals surface area contributed by atoms with Gasteiger partial charge in [0.15, 0.2) is 0 Å². The number of anilines is 1. The summed E-state index contributed by atoms with van der Waals surface area (Å²) >= 11 is 0. The Morgan fingerprint density at radius 1 is 1.24 bits per heavy atom. The molecule has 3 fully saturated rings. The summed E-state index contributed by atoms with van der Waals surface area (Å²) in [5, 5.41) is 6.57. The Hall–Kier alpha value is -1.88. The first-order chi connectivity index (χ1) is 12.2. The molecular formula is C20H27N3O2. The maximum absolute atomic E-state index is 13.0. The van der Waals surface area contributed by atoms with Gasteiger partial charge in [-0.1, -0.05) is 25.0 Å². The highest BCUT2D eigenvalue weighted by Crippen LogP contribution is 2.44. The fourth-order valence-electron chi connectivity index (χ4n) is 4.73. The molecule has 2 amide bonds. The van der Waals surface area contributed by atoms with E-state index in [-0.39, 0.29) is 17.2 Å². The van der Waals surface area contributed by atoms with E-state index in [1.54, 1.807) is 0 Å². The largest absolute Gasteiger partial charge is 0.338 e. The number of rotatable bonds is 4. The van der Waals surface area contributed by atoms with Crippen LogP contribution >= 0.6 is 0 Å². The van der Waals surface area contributed by atoms with Gasteiger partial charge in [-0.15, -0.1) is 0 Å². The molecule has 25 heavy (non-hydrogen) atoms. The van der Waals surface area contributed by atoms with Crippen molar-refractivity contribution in [2.45, 2.75) is 45.1 Å². The third kappa shape index (κ3) is 3.17. The number of amides is 2. The van der Waals surface area contributed by atoms with Gasteiger partial charge in [0, 0.05) is 31.7 Å². The van der Waals surface area contributed by atoms with Crippen LogP contribution in [-0.4, -0.2) is 36.3 Å². The minimum absolute atomic E-state index is 0.171.